The molecular weight excluding hydrogens is 378 g/mol. The summed E-state index contributed by atoms with van der Waals surface area (Å²) in [5.74, 6) is 0.0396. The maximum Gasteiger partial charge on any atom is 0.265 e. The summed E-state index contributed by atoms with van der Waals surface area (Å²) >= 11 is 1.58. The molecule has 142 valence electrons. The highest BCUT2D eigenvalue weighted by Crippen LogP contribution is 2.34. The van der Waals surface area contributed by atoms with Crippen LogP contribution in [0.5, 0.6) is 5.75 Å². The fraction of sp³-hybridized carbons (Fsp3) is 0.300. The molecule has 0 saturated carbocycles. The van der Waals surface area contributed by atoms with Crippen molar-refractivity contribution in [2.24, 2.45) is 0 Å². The van der Waals surface area contributed by atoms with E-state index < -0.39 is 6.10 Å². The molecule has 28 heavy (non-hydrogen) atoms. The van der Waals surface area contributed by atoms with Crippen molar-refractivity contribution in [3.05, 3.63) is 50.9 Å². The van der Waals surface area contributed by atoms with Crippen LogP contribution in [0.25, 0.3) is 10.2 Å². The lowest BCUT2D eigenvalue weighted by atomic mass is 10.1. The average Bonchev–Trinajstić information content (AvgIpc) is 3.25. The first kappa shape index (κ1) is 17.1. The number of benzene rings is 1. The van der Waals surface area contributed by atoms with Gasteiger partial charge in [-0.25, -0.2) is 4.98 Å². The van der Waals surface area contributed by atoms with Crippen LogP contribution < -0.4 is 15.6 Å². The number of ether oxygens (including phenoxy) is 1. The average molecular weight is 395 g/mol. The molecule has 0 spiro atoms. The van der Waals surface area contributed by atoms with Gasteiger partial charge in [0.25, 0.3) is 11.5 Å². The van der Waals surface area contributed by atoms with Crippen LogP contribution in [0.15, 0.2) is 29.3 Å². The number of fused-ring (bicyclic) bond motifs is 4. The number of Topliss-reactive ketones (excluding diaryl/α,β-unsaturated/α-hetero) is 1. The van der Waals surface area contributed by atoms with Gasteiger partial charge in [-0.05, 0) is 49.9 Å². The topological polar surface area (TPSA) is 90.3 Å². The molecule has 5 rings (SSSR count). The first-order valence-electron chi connectivity index (χ1n) is 9.16. The van der Waals surface area contributed by atoms with Crippen LogP contribution in [0.3, 0.4) is 0 Å². The molecule has 7 nitrogen and oxygen atoms in total. The number of hydrogen-bond acceptors (Lipinski definition) is 6. The maximum absolute atomic E-state index is 12.9. The minimum absolute atomic E-state index is 0.101. The molecule has 1 unspecified atom stereocenters. The summed E-state index contributed by atoms with van der Waals surface area (Å²) < 4.78 is 6.88. The number of hydrogen-bond donors (Lipinski definition) is 1. The van der Waals surface area contributed by atoms with Crippen molar-refractivity contribution in [1.82, 2.24) is 9.55 Å². The van der Waals surface area contributed by atoms with Crippen molar-refractivity contribution < 1.29 is 14.3 Å². The number of ketones is 1. The van der Waals surface area contributed by atoms with Crippen LogP contribution >= 0.6 is 11.3 Å². The third-order valence-electron chi connectivity index (χ3n) is 5.24. The number of aryl methyl sites for hydroxylation is 2. The minimum atomic E-state index is -0.572. The molecule has 1 atom stereocenters. The predicted molar refractivity (Wildman–Crippen MR) is 105 cm³/mol. The normalized spacial score (nSPS) is 17.8. The van der Waals surface area contributed by atoms with Gasteiger partial charge in [0.1, 0.15) is 10.6 Å². The van der Waals surface area contributed by atoms with Gasteiger partial charge >= 0.3 is 0 Å². The number of nitrogens with zero attached hydrogens (tertiary/aromatic N) is 2. The highest BCUT2D eigenvalue weighted by atomic mass is 32.1. The molecule has 1 N–H and O–H groups in total. The van der Waals surface area contributed by atoms with Gasteiger partial charge in [0.15, 0.2) is 11.9 Å². The molecule has 1 aromatic carbocycles. The number of thiophene rings is 1. The Hall–Kier alpha value is -3.00. The summed E-state index contributed by atoms with van der Waals surface area (Å²) in [5, 5.41) is 3.39. The Morgan fingerprint density at radius 3 is 3.07 bits per heavy atom. The summed E-state index contributed by atoms with van der Waals surface area (Å²) in [6, 6.07) is 4.89. The van der Waals surface area contributed by atoms with Crippen LogP contribution in [0.2, 0.25) is 0 Å². The van der Waals surface area contributed by atoms with Gasteiger partial charge in [-0.15, -0.1) is 11.3 Å². The minimum Gasteiger partial charge on any atom is -0.479 e. The van der Waals surface area contributed by atoms with Crippen molar-refractivity contribution in [3.8, 4) is 5.75 Å². The number of amides is 1. The maximum atomic E-state index is 12.9. The molecule has 1 aliphatic carbocycles. The molecule has 0 bridgehead atoms. The van der Waals surface area contributed by atoms with Gasteiger partial charge in [-0.3, -0.25) is 19.0 Å². The third kappa shape index (κ3) is 2.63. The third-order valence-corrected chi connectivity index (χ3v) is 6.44. The standard InChI is InChI=1S/C20H17N3O4S/c1-10-18(25)22-13-7-11(5-6-15(13)27-10)14(24)8-23-9-21-19-17(20(23)26)12-3-2-4-16(12)28-19/h5-7,9-10H,2-4,8H2,1H3,(H,22,25). The lowest BCUT2D eigenvalue weighted by Crippen LogP contribution is -2.34. The fourth-order valence-corrected chi connectivity index (χ4v) is 4.98. The van der Waals surface area contributed by atoms with Crippen LogP contribution in [0.1, 0.15) is 34.1 Å². The molecule has 0 radical (unpaired) electrons. The zero-order valence-electron chi connectivity index (χ0n) is 15.2. The van der Waals surface area contributed by atoms with Crippen LogP contribution in [-0.4, -0.2) is 27.3 Å². The highest BCUT2D eigenvalue weighted by Gasteiger charge is 2.25. The Morgan fingerprint density at radius 2 is 2.21 bits per heavy atom. The SMILES string of the molecule is CC1Oc2ccc(C(=O)Cn3cnc4sc5c(c4c3=O)CCC5)cc2NC1=O. The van der Waals surface area contributed by atoms with E-state index in [4.69, 9.17) is 4.74 Å². The van der Waals surface area contributed by atoms with E-state index in [0.29, 0.717) is 22.4 Å². The molecule has 3 heterocycles. The zero-order valence-corrected chi connectivity index (χ0v) is 16.0. The second-order valence-corrected chi connectivity index (χ2v) is 8.18. The molecule has 8 heteroatoms. The Kier molecular flexibility index (Phi) is 3.83. The lowest BCUT2D eigenvalue weighted by molar-refractivity contribution is -0.122. The number of nitrogens with one attached hydrogen (secondary N) is 1. The van der Waals surface area contributed by atoms with Gasteiger partial charge in [-0.2, -0.15) is 0 Å². The molecule has 1 amide bonds. The summed E-state index contributed by atoms with van der Waals surface area (Å²) in [7, 11) is 0. The first-order valence-corrected chi connectivity index (χ1v) is 9.97. The molecule has 0 fully saturated rings. The van der Waals surface area contributed by atoms with Gasteiger partial charge in [0.2, 0.25) is 0 Å². The second kappa shape index (κ2) is 6.27. The van der Waals surface area contributed by atoms with E-state index in [0.717, 1.165) is 29.7 Å². The summed E-state index contributed by atoms with van der Waals surface area (Å²) in [4.78, 5) is 43.9. The number of aromatic nitrogens is 2. The van der Waals surface area contributed by atoms with Crippen molar-refractivity contribution in [1.29, 1.82) is 0 Å². The molecule has 2 aliphatic rings. The van der Waals surface area contributed by atoms with Crippen molar-refractivity contribution in [2.75, 3.05) is 5.32 Å². The molecule has 1 aliphatic heterocycles. The van der Waals surface area contributed by atoms with Gasteiger partial charge < -0.3 is 10.1 Å². The van der Waals surface area contributed by atoms with E-state index in [-0.39, 0.29) is 23.8 Å². The number of rotatable bonds is 3. The predicted octanol–water partition coefficient (Wildman–Crippen LogP) is 2.55. The number of carbonyl (C=O) groups is 2. The Bertz CT molecular complexity index is 1210. The zero-order chi connectivity index (χ0) is 19.4. The van der Waals surface area contributed by atoms with E-state index in [1.54, 1.807) is 36.5 Å². The quantitative estimate of drug-likeness (QED) is 0.689. The largest absolute Gasteiger partial charge is 0.479 e. The van der Waals surface area contributed by atoms with E-state index in [9.17, 15) is 14.4 Å². The highest BCUT2D eigenvalue weighted by molar-refractivity contribution is 7.18. The molecule has 2 aromatic heterocycles. The van der Waals surface area contributed by atoms with Gasteiger partial charge in [-0.1, -0.05) is 0 Å². The smallest absolute Gasteiger partial charge is 0.265 e. The Morgan fingerprint density at radius 1 is 1.36 bits per heavy atom. The molecule has 3 aromatic rings. The van der Waals surface area contributed by atoms with Gasteiger partial charge in [0, 0.05) is 10.4 Å². The van der Waals surface area contributed by atoms with Crippen LogP contribution in [0.4, 0.5) is 5.69 Å². The van der Waals surface area contributed by atoms with E-state index >= 15 is 0 Å². The van der Waals surface area contributed by atoms with Crippen molar-refractivity contribution in [3.63, 3.8) is 0 Å². The first-order chi connectivity index (χ1) is 13.5. The van der Waals surface area contributed by atoms with E-state index in [1.807, 2.05) is 0 Å². The van der Waals surface area contributed by atoms with Crippen LogP contribution in [-0.2, 0) is 24.2 Å². The summed E-state index contributed by atoms with van der Waals surface area (Å²) in [6.07, 6.45) is 3.83. The lowest BCUT2D eigenvalue weighted by Gasteiger charge is -2.23. The molecule has 0 saturated heterocycles. The number of anilines is 1. The van der Waals surface area contributed by atoms with E-state index in [2.05, 4.69) is 10.3 Å². The fourth-order valence-electron chi connectivity index (χ4n) is 3.76. The Balaban J connectivity index is 1.46. The van der Waals surface area contributed by atoms with Crippen LogP contribution in [0, 0.1) is 0 Å². The second-order valence-electron chi connectivity index (χ2n) is 7.10. The number of carbonyl (C=O) groups excluding carboxylic acids is 2. The summed E-state index contributed by atoms with van der Waals surface area (Å²) in [5.41, 5.74) is 1.80. The van der Waals surface area contributed by atoms with E-state index in [1.165, 1.54) is 15.8 Å². The van der Waals surface area contributed by atoms with Crippen molar-refractivity contribution in [2.45, 2.75) is 38.8 Å². The summed E-state index contributed by atoms with van der Waals surface area (Å²) in [6.45, 7) is 1.56. The van der Waals surface area contributed by atoms with Crippen molar-refractivity contribution >= 4 is 38.9 Å². The molecular formula is C20H17N3O4S. The monoisotopic (exact) mass is 395 g/mol. The Labute approximate surface area is 164 Å². The van der Waals surface area contributed by atoms with Gasteiger partial charge in [0.05, 0.1) is 23.9 Å².